The fraction of sp³-hybridized carbons (Fsp3) is 0.680. The van der Waals surface area contributed by atoms with Crippen molar-refractivity contribution in [3.8, 4) is 0 Å². The number of carbonyl (C=O) groups is 2. The zero-order chi connectivity index (χ0) is 20.8. The number of esters is 1. The summed E-state index contributed by atoms with van der Waals surface area (Å²) in [7, 11) is 0. The maximum Gasteiger partial charge on any atom is 0.312 e. The first-order valence-corrected chi connectivity index (χ1v) is 12.0. The van der Waals surface area contributed by atoms with Gasteiger partial charge in [0, 0.05) is 18.0 Å². The molecule has 1 amide bonds. The highest BCUT2D eigenvalue weighted by Gasteiger charge is 2.60. The number of benzene rings is 1. The van der Waals surface area contributed by atoms with Crippen LogP contribution in [0.2, 0.25) is 0 Å². The van der Waals surface area contributed by atoms with Crippen LogP contribution in [-0.2, 0) is 20.7 Å². The van der Waals surface area contributed by atoms with E-state index >= 15 is 0 Å². The molecule has 1 saturated heterocycles. The van der Waals surface area contributed by atoms with E-state index in [9.17, 15) is 9.59 Å². The van der Waals surface area contributed by atoms with Gasteiger partial charge in [0.1, 0.15) is 0 Å². The number of piperidine rings is 1. The molecular weight excluding hydrogens is 398 g/mol. The lowest BCUT2D eigenvalue weighted by Gasteiger charge is -2.58. The van der Waals surface area contributed by atoms with Gasteiger partial charge in [0.05, 0.1) is 5.41 Å². The Bertz CT molecular complexity index is 788. The van der Waals surface area contributed by atoms with E-state index in [0.717, 1.165) is 64.5 Å². The molecule has 0 radical (unpaired) electrons. The first-order chi connectivity index (χ1) is 14.4. The SMILES string of the molecule is O=C(COC(=O)C12C[C@@H]3C[C@@H](CC(Cl)(C3)C1)C2)N1CCC(Cc2ccccc2)CC1. The van der Waals surface area contributed by atoms with Crippen molar-refractivity contribution in [2.24, 2.45) is 23.2 Å². The van der Waals surface area contributed by atoms with E-state index in [1.54, 1.807) is 0 Å². The summed E-state index contributed by atoms with van der Waals surface area (Å²) >= 11 is 6.84. The number of carbonyl (C=O) groups excluding carboxylic acids is 2. The van der Waals surface area contributed by atoms with Gasteiger partial charge in [-0.05, 0) is 81.1 Å². The van der Waals surface area contributed by atoms with Crippen molar-refractivity contribution in [2.45, 2.75) is 62.7 Å². The number of nitrogens with zero attached hydrogens (tertiary/aromatic N) is 1. The van der Waals surface area contributed by atoms with Crippen LogP contribution in [0.1, 0.15) is 56.9 Å². The minimum absolute atomic E-state index is 0.0492. The third-order valence-corrected chi connectivity index (χ3v) is 8.53. The Hall–Kier alpha value is -1.55. The number of likely N-dealkylation sites (tertiary alicyclic amines) is 1. The second-order valence-corrected chi connectivity index (χ2v) is 11.3. The van der Waals surface area contributed by atoms with E-state index in [1.807, 2.05) is 11.0 Å². The smallest absolute Gasteiger partial charge is 0.312 e. The van der Waals surface area contributed by atoms with E-state index in [0.29, 0.717) is 17.8 Å². The first-order valence-electron chi connectivity index (χ1n) is 11.6. The molecule has 4 saturated carbocycles. The molecule has 1 aromatic rings. The minimum atomic E-state index is -0.436. The first kappa shape index (κ1) is 20.4. The van der Waals surface area contributed by atoms with Gasteiger partial charge in [-0.3, -0.25) is 9.59 Å². The van der Waals surface area contributed by atoms with Crippen molar-refractivity contribution in [2.75, 3.05) is 19.7 Å². The lowest BCUT2D eigenvalue weighted by atomic mass is 9.49. The highest BCUT2D eigenvalue weighted by molar-refractivity contribution is 6.24. The second kappa shape index (κ2) is 7.85. The van der Waals surface area contributed by atoms with E-state index in [1.165, 1.54) is 12.0 Å². The van der Waals surface area contributed by atoms with Crippen LogP contribution in [0, 0.1) is 23.2 Å². The molecule has 4 atom stereocenters. The number of hydrogen-bond donors (Lipinski definition) is 0. The van der Waals surface area contributed by atoms with Crippen molar-refractivity contribution in [3.63, 3.8) is 0 Å². The van der Waals surface area contributed by atoms with Crippen LogP contribution in [0.3, 0.4) is 0 Å². The summed E-state index contributed by atoms with van der Waals surface area (Å²) < 4.78 is 5.62. The normalized spacial score (nSPS) is 35.4. The Morgan fingerprint density at radius 1 is 1.03 bits per heavy atom. The monoisotopic (exact) mass is 429 g/mol. The van der Waals surface area contributed by atoms with Gasteiger partial charge >= 0.3 is 5.97 Å². The fourth-order valence-corrected chi connectivity index (χ4v) is 7.79. The third kappa shape index (κ3) is 4.00. The van der Waals surface area contributed by atoms with Crippen LogP contribution in [0.5, 0.6) is 0 Å². The molecule has 1 heterocycles. The quantitative estimate of drug-likeness (QED) is 0.508. The molecule has 5 heteroatoms. The van der Waals surface area contributed by atoms with Crippen LogP contribution in [-0.4, -0.2) is 41.3 Å². The Kier molecular flexibility index (Phi) is 5.33. The molecule has 4 bridgehead atoms. The molecule has 0 spiro atoms. The Morgan fingerprint density at radius 2 is 1.70 bits per heavy atom. The van der Waals surface area contributed by atoms with Crippen LogP contribution < -0.4 is 0 Å². The average molecular weight is 430 g/mol. The second-order valence-electron chi connectivity index (χ2n) is 10.5. The lowest BCUT2D eigenvalue weighted by Crippen LogP contribution is -2.56. The van der Waals surface area contributed by atoms with Gasteiger partial charge in [-0.15, -0.1) is 11.6 Å². The zero-order valence-corrected chi connectivity index (χ0v) is 18.4. The van der Waals surface area contributed by atoms with Crippen molar-refractivity contribution in [3.05, 3.63) is 35.9 Å². The van der Waals surface area contributed by atoms with E-state index in [-0.39, 0.29) is 23.4 Å². The maximum absolute atomic E-state index is 13.0. The maximum atomic E-state index is 13.0. The lowest BCUT2D eigenvalue weighted by molar-refractivity contribution is -0.173. The molecule has 0 aromatic heterocycles. The summed E-state index contributed by atoms with van der Waals surface area (Å²) in [4.78, 5) is 27.4. The summed E-state index contributed by atoms with van der Waals surface area (Å²) in [6, 6.07) is 10.6. The molecule has 1 aliphatic heterocycles. The largest absolute Gasteiger partial charge is 0.455 e. The van der Waals surface area contributed by atoms with E-state index < -0.39 is 5.41 Å². The van der Waals surface area contributed by atoms with Crippen LogP contribution in [0.25, 0.3) is 0 Å². The molecular formula is C25H32ClNO3. The van der Waals surface area contributed by atoms with Gasteiger partial charge < -0.3 is 9.64 Å². The van der Waals surface area contributed by atoms with Crippen LogP contribution >= 0.6 is 11.6 Å². The molecule has 2 unspecified atom stereocenters. The van der Waals surface area contributed by atoms with Gasteiger partial charge in [0.2, 0.25) is 0 Å². The Morgan fingerprint density at radius 3 is 2.33 bits per heavy atom. The van der Waals surface area contributed by atoms with E-state index in [2.05, 4.69) is 24.3 Å². The number of rotatable bonds is 5. The van der Waals surface area contributed by atoms with Gasteiger partial charge in [-0.2, -0.15) is 0 Å². The fourth-order valence-electron chi connectivity index (χ4n) is 7.10. The highest BCUT2D eigenvalue weighted by atomic mass is 35.5. The van der Waals surface area contributed by atoms with Gasteiger partial charge in [-0.25, -0.2) is 0 Å². The van der Waals surface area contributed by atoms with Gasteiger partial charge in [0.25, 0.3) is 5.91 Å². The number of hydrogen-bond acceptors (Lipinski definition) is 3. The summed E-state index contributed by atoms with van der Waals surface area (Å²) in [5, 5.41) is 0. The van der Waals surface area contributed by atoms with Crippen LogP contribution in [0.15, 0.2) is 30.3 Å². The topological polar surface area (TPSA) is 46.6 Å². The predicted molar refractivity (Wildman–Crippen MR) is 116 cm³/mol. The van der Waals surface area contributed by atoms with E-state index in [4.69, 9.17) is 16.3 Å². The third-order valence-electron chi connectivity index (χ3n) is 8.08. The molecule has 0 N–H and O–H groups in total. The van der Waals surface area contributed by atoms with Crippen molar-refractivity contribution in [1.82, 2.24) is 4.90 Å². The molecule has 4 aliphatic carbocycles. The van der Waals surface area contributed by atoms with Gasteiger partial charge in [-0.1, -0.05) is 30.3 Å². The number of amides is 1. The van der Waals surface area contributed by atoms with Crippen molar-refractivity contribution >= 4 is 23.5 Å². The highest BCUT2D eigenvalue weighted by Crippen LogP contribution is 2.64. The molecule has 5 aliphatic rings. The molecule has 6 rings (SSSR count). The molecule has 1 aromatic carbocycles. The molecule has 4 nitrogen and oxygen atoms in total. The average Bonchev–Trinajstić information content (AvgIpc) is 2.71. The molecule has 30 heavy (non-hydrogen) atoms. The van der Waals surface area contributed by atoms with Crippen molar-refractivity contribution in [1.29, 1.82) is 0 Å². The summed E-state index contributed by atoms with van der Waals surface area (Å²) in [5.41, 5.74) is 0.929. The standard InChI is InChI=1S/C25H32ClNO3/c26-25-14-20-11-21(15-25)13-24(12-20,17-25)23(29)30-16-22(28)27-8-6-19(7-9-27)10-18-4-2-1-3-5-18/h1-5,19-21H,6-17H2/t20-,21+,24?,25?. The molecule has 5 fully saturated rings. The summed E-state index contributed by atoms with van der Waals surface area (Å²) in [6.07, 6.45) is 8.91. The van der Waals surface area contributed by atoms with Gasteiger partial charge in [0.15, 0.2) is 6.61 Å². The molecule has 162 valence electrons. The van der Waals surface area contributed by atoms with Crippen LogP contribution in [0.4, 0.5) is 0 Å². The zero-order valence-electron chi connectivity index (χ0n) is 17.7. The number of alkyl halides is 1. The predicted octanol–water partition coefficient (Wildman–Crippen LogP) is 4.59. The Labute approximate surface area is 184 Å². The van der Waals surface area contributed by atoms with Crippen molar-refractivity contribution < 1.29 is 14.3 Å². The summed E-state index contributed by atoms with van der Waals surface area (Å²) in [5.74, 6) is 1.50. The number of ether oxygens (including phenoxy) is 1. The summed E-state index contributed by atoms with van der Waals surface area (Å²) in [6.45, 7) is 1.40. The Balaban J connectivity index is 1.11. The minimum Gasteiger partial charge on any atom is -0.455 e. The number of halogens is 1.